The third-order valence-corrected chi connectivity index (χ3v) is 7.12. The number of carboxylic acids is 1. The molecule has 1 fully saturated rings. The first kappa shape index (κ1) is 26.6. The molecule has 2 heterocycles. The molecule has 0 aliphatic carbocycles. The number of aryl methyl sites for hydroxylation is 1. The van der Waals surface area contributed by atoms with Gasteiger partial charge in [-0.2, -0.15) is 0 Å². The van der Waals surface area contributed by atoms with Gasteiger partial charge in [-0.25, -0.2) is 4.68 Å². The van der Waals surface area contributed by atoms with Crippen molar-refractivity contribution < 1.29 is 15.0 Å². The van der Waals surface area contributed by atoms with E-state index in [0.29, 0.717) is 43.7 Å². The summed E-state index contributed by atoms with van der Waals surface area (Å²) in [5.41, 5.74) is 4.07. The number of carbonyl (C=O) groups is 1. The Morgan fingerprint density at radius 1 is 1.05 bits per heavy atom. The maximum absolute atomic E-state index is 10.8. The molecule has 1 aliphatic heterocycles. The fourth-order valence-electron chi connectivity index (χ4n) is 5.28. The molecule has 2 aromatic carbocycles. The van der Waals surface area contributed by atoms with Crippen LogP contribution in [0.2, 0.25) is 0 Å². The first-order valence-corrected chi connectivity index (χ1v) is 13.3. The molecular formula is C28H38N6O3. The SMILES string of the molecule is CCCN1C[C@H](C)N(c2cc(O)cc(Cc3ccccc3-c3nnnn3CCCCC(=O)O)c2)C[C@H]1C. The summed E-state index contributed by atoms with van der Waals surface area (Å²) >= 11 is 0. The van der Waals surface area contributed by atoms with Crippen LogP contribution in [0.3, 0.4) is 0 Å². The van der Waals surface area contributed by atoms with Gasteiger partial charge in [-0.1, -0.05) is 31.2 Å². The van der Waals surface area contributed by atoms with Crippen LogP contribution < -0.4 is 4.90 Å². The Labute approximate surface area is 218 Å². The van der Waals surface area contributed by atoms with Crippen molar-refractivity contribution in [2.24, 2.45) is 0 Å². The number of rotatable bonds is 11. The summed E-state index contributed by atoms with van der Waals surface area (Å²) in [6.07, 6.45) is 3.18. The molecule has 0 bridgehead atoms. The number of nitrogens with zero attached hydrogens (tertiary/aromatic N) is 6. The van der Waals surface area contributed by atoms with Gasteiger partial charge >= 0.3 is 5.97 Å². The van der Waals surface area contributed by atoms with Crippen molar-refractivity contribution in [1.29, 1.82) is 0 Å². The standard InChI is InChI=1S/C28H38N6O3/c1-4-12-32-18-21(3)33(19-20(32)2)24-15-22(16-25(35)17-24)14-23-9-5-6-10-26(23)28-29-30-31-34(28)13-8-7-11-27(36)37/h5-6,9-10,15-17,20-21,35H,4,7-8,11-14,18-19H2,1-3H3,(H,36,37)/t20-,21+/m1/s1. The number of phenols is 1. The van der Waals surface area contributed by atoms with Crippen molar-refractivity contribution in [3.05, 3.63) is 53.6 Å². The lowest BCUT2D eigenvalue weighted by atomic mass is 9.98. The summed E-state index contributed by atoms with van der Waals surface area (Å²) < 4.78 is 1.74. The zero-order valence-corrected chi connectivity index (χ0v) is 22.0. The number of aliphatic carboxylic acids is 1. The average molecular weight is 507 g/mol. The number of piperazine rings is 1. The summed E-state index contributed by atoms with van der Waals surface area (Å²) in [5, 5.41) is 31.8. The van der Waals surface area contributed by atoms with Gasteiger partial charge in [0.1, 0.15) is 5.75 Å². The maximum atomic E-state index is 10.8. The predicted molar refractivity (Wildman–Crippen MR) is 144 cm³/mol. The third-order valence-electron chi connectivity index (χ3n) is 7.12. The van der Waals surface area contributed by atoms with Gasteiger partial charge in [0.15, 0.2) is 5.82 Å². The van der Waals surface area contributed by atoms with Gasteiger partial charge in [0, 0.05) is 55.5 Å². The van der Waals surface area contributed by atoms with Crippen molar-refractivity contribution in [1.82, 2.24) is 25.1 Å². The number of hydrogen-bond donors (Lipinski definition) is 2. The molecule has 9 heteroatoms. The molecule has 0 radical (unpaired) electrons. The molecule has 9 nitrogen and oxygen atoms in total. The number of unbranched alkanes of at least 4 members (excludes halogenated alkanes) is 1. The van der Waals surface area contributed by atoms with Crippen molar-refractivity contribution in [2.45, 2.75) is 71.5 Å². The highest BCUT2D eigenvalue weighted by atomic mass is 16.4. The van der Waals surface area contributed by atoms with Crippen molar-refractivity contribution in [3.63, 3.8) is 0 Å². The van der Waals surface area contributed by atoms with Gasteiger partial charge in [-0.3, -0.25) is 9.69 Å². The zero-order valence-electron chi connectivity index (χ0n) is 22.0. The lowest BCUT2D eigenvalue weighted by molar-refractivity contribution is -0.137. The first-order chi connectivity index (χ1) is 17.9. The molecule has 0 amide bonds. The largest absolute Gasteiger partial charge is 0.508 e. The second-order valence-electron chi connectivity index (χ2n) is 10.1. The van der Waals surface area contributed by atoms with Gasteiger partial charge in [-0.15, -0.1) is 5.10 Å². The van der Waals surface area contributed by atoms with Crippen LogP contribution in [0.25, 0.3) is 11.4 Å². The number of carboxylic acid groups (broad SMARTS) is 1. The van der Waals surface area contributed by atoms with E-state index in [-0.39, 0.29) is 12.2 Å². The Kier molecular flexibility index (Phi) is 8.76. The normalized spacial score (nSPS) is 18.3. The summed E-state index contributed by atoms with van der Waals surface area (Å²) in [4.78, 5) is 15.8. The van der Waals surface area contributed by atoms with E-state index >= 15 is 0 Å². The number of aromatic nitrogens is 4. The van der Waals surface area contributed by atoms with E-state index in [2.05, 4.69) is 58.2 Å². The lowest BCUT2D eigenvalue weighted by Gasteiger charge is -2.45. The van der Waals surface area contributed by atoms with Gasteiger partial charge in [0.25, 0.3) is 0 Å². The topological polar surface area (TPSA) is 108 Å². The quantitative estimate of drug-likeness (QED) is 0.373. The summed E-state index contributed by atoms with van der Waals surface area (Å²) in [5.74, 6) is 0.143. The van der Waals surface area contributed by atoms with Gasteiger partial charge in [0.05, 0.1) is 0 Å². The Morgan fingerprint density at radius 2 is 1.86 bits per heavy atom. The zero-order chi connectivity index (χ0) is 26.4. The van der Waals surface area contributed by atoms with E-state index in [4.69, 9.17) is 5.11 Å². The summed E-state index contributed by atoms with van der Waals surface area (Å²) in [7, 11) is 0. The van der Waals surface area contributed by atoms with E-state index < -0.39 is 5.97 Å². The second kappa shape index (κ2) is 12.2. The smallest absolute Gasteiger partial charge is 0.303 e. The first-order valence-electron chi connectivity index (χ1n) is 13.3. The van der Waals surface area contributed by atoms with Crippen LogP contribution in [0.1, 0.15) is 57.6 Å². The van der Waals surface area contributed by atoms with E-state index in [0.717, 1.165) is 48.4 Å². The fourth-order valence-corrected chi connectivity index (χ4v) is 5.28. The molecule has 2 atom stereocenters. The highest BCUT2D eigenvalue weighted by molar-refractivity contribution is 5.66. The molecule has 0 saturated carbocycles. The third kappa shape index (κ3) is 6.65. The van der Waals surface area contributed by atoms with Crippen LogP contribution in [0.15, 0.2) is 42.5 Å². The van der Waals surface area contributed by atoms with Gasteiger partial charge in [-0.05, 0) is 79.8 Å². The molecule has 37 heavy (non-hydrogen) atoms. The Bertz CT molecular complexity index is 1200. The van der Waals surface area contributed by atoms with Crippen LogP contribution in [0.5, 0.6) is 5.75 Å². The minimum Gasteiger partial charge on any atom is -0.508 e. The van der Waals surface area contributed by atoms with Crippen LogP contribution in [-0.4, -0.2) is 73.0 Å². The molecule has 1 saturated heterocycles. The highest BCUT2D eigenvalue weighted by Crippen LogP contribution is 2.31. The number of anilines is 1. The fraction of sp³-hybridized carbons (Fsp3) is 0.500. The minimum absolute atomic E-state index is 0.138. The molecule has 0 spiro atoms. The second-order valence-corrected chi connectivity index (χ2v) is 10.1. The molecule has 198 valence electrons. The number of aromatic hydroxyl groups is 1. The highest BCUT2D eigenvalue weighted by Gasteiger charge is 2.29. The van der Waals surface area contributed by atoms with Crippen LogP contribution in [0.4, 0.5) is 5.69 Å². The molecule has 1 aliphatic rings. The van der Waals surface area contributed by atoms with Gasteiger partial charge < -0.3 is 15.1 Å². The molecule has 3 aromatic rings. The molecule has 1 aromatic heterocycles. The van der Waals surface area contributed by atoms with Crippen molar-refractivity contribution in [3.8, 4) is 17.1 Å². The van der Waals surface area contributed by atoms with Crippen LogP contribution >= 0.6 is 0 Å². The van der Waals surface area contributed by atoms with Crippen molar-refractivity contribution >= 4 is 11.7 Å². The Morgan fingerprint density at radius 3 is 2.65 bits per heavy atom. The van der Waals surface area contributed by atoms with E-state index in [1.54, 1.807) is 4.68 Å². The predicted octanol–water partition coefficient (Wildman–Crippen LogP) is 4.20. The summed E-state index contributed by atoms with van der Waals surface area (Å²) in [6, 6.07) is 14.7. The lowest BCUT2D eigenvalue weighted by Crippen LogP contribution is -2.56. The minimum atomic E-state index is -0.792. The average Bonchev–Trinajstić information content (AvgIpc) is 3.32. The maximum Gasteiger partial charge on any atom is 0.303 e. The van der Waals surface area contributed by atoms with E-state index in [9.17, 15) is 9.90 Å². The van der Waals surface area contributed by atoms with Gasteiger partial charge in [0.2, 0.25) is 0 Å². The monoisotopic (exact) mass is 506 g/mol. The molecule has 0 unspecified atom stereocenters. The van der Waals surface area contributed by atoms with Crippen LogP contribution in [0, 0.1) is 0 Å². The number of phenolic OH excluding ortho intramolecular Hbond substituents is 1. The Balaban J connectivity index is 1.54. The summed E-state index contributed by atoms with van der Waals surface area (Å²) in [6.45, 7) is 10.4. The van der Waals surface area contributed by atoms with E-state index in [1.165, 1.54) is 0 Å². The Hall–Kier alpha value is -3.46. The molecule has 4 rings (SSSR count). The molecule has 2 N–H and O–H groups in total. The van der Waals surface area contributed by atoms with Crippen LogP contribution in [-0.2, 0) is 17.8 Å². The number of hydrogen-bond acceptors (Lipinski definition) is 7. The van der Waals surface area contributed by atoms with Crippen molar-refractivity contribution in [2.75, 3.05) is 24.5 Å². The number of tetrazole rings is 1. The van der Waals surface area contributed by atoms with E-state index in [1.807, 2.05) is 30.3 Å². The number of benzene rings is 2. The molecular weight excluding hydrogens is 468 g/mol.